The van der Waals surface area contributed by atoms with Crippen molar-refractivity contribution in [3.63, 3.8) is 0 Å². The fourth-order valence-corrected chi connectivity index (χ4v) is 5.87. The smallest absolute Gasteiger partial charge is 0.367 e. The molecule has 0 aliphatic heterocycles. The van der Waals surface area contributed by atoms with Crippen LogP contribution in [0.5, 0.6) is 0 Å². The van der Waals surface area contributed by atoms with Crippen LogP contribution in [0.4, 0.5) is 4.79 Å². The Kier molecular flexibility index (Phi) is 8.99. The monoisotopic (exact) mass is 438 g/mol. The minimum Gasteiger partial charge on any atom is -0.458 e. The van der Waals surface area contributed by atoms with Crippen molar-refractivity contribution >= 4 is 32.8 Å². The number of nitrogens with one attached hydrogen (secondary N) is 1. The SMILES string of the molecule is CCOC(=O)SCc1ccc(S(=O)(=O)C[C@@H]2CCCC[C@H]2C(=O)NCC#N)cc1. The summed E-state index contributed by atoms with van der Waals surface area (Å²) in [4.78, 5) is 23.9. The predicted octanol–water partition coefficient (Wildman–Crippen LogP) is 3.30. The third-order valence-corrected chi connectivity index (χ3v) is 7.61. The third-order valence-electron chi connectivity index (χ3n) is 4.92. The molecule has 1 N–H and O–H groups in total. The lowest BCUT2D eigenvalue weighted by atomic mass is 9.80. The molecule has 2 atom stereocenters. The third kappa shape index (κ3) is 7.05. The van der Waals surface area contributed by atoms with E-state index in [9.17, 15) is 18.0 Å². The predicted molar refractivity (Wildman–Crippen MR) is 111 cm³/mol. The van der Waals surface area contributed by atoms with Crippen LogP contribution in [0.2, 0.25) is 0 Å². The van der Waals surface area contributed by atoms with Gasteiger partial charge in [-0.05, 0) is 55.1 Å². The van der Waals surface area contributed by atoms with Gasteiger partial charge in [0, 0.05) is 11.7 Å². The molecule has 1 saturated carbocycles. The van der Waals surface area contributed by atoms with Crippen molar-refractivity contribution in [3.05, 3.63) is 29.8 Å². The lowest BCUT2D eigenvalue weighted by Gasteiger charge is -2.30. The Bertz CT molecular complexity index is 847. The van der Waals surface area contributed by atoms with E-state index in [0.717, 1.165) is 30.2 Å². The molecule has 1 aliphatic rings. The van der Waals surface area contributed by atoms with Crippen molar-refractivity contribution in [2.24, 2.45) is 11.8 Å². The number of hydrogen-bond acceptors (Lipinski definition) is 7. The Labute approximate surface area is 176 Å². The minimum atomic E-state index is -3.55. The van der Waals surface area contributed by atoms with Crippen LogP contribution in [-0.2, 0) is 25.1 Å². The number of sulfone groups is 1. The summed E-state index contributed by atoms with van der Waals surface area (Å²) >= 11 is 1.03. The fraction of sp³-hybridized carbons (Fsp3) is 0.550. The summed E-state index contributed by atoms with van der Waals surface area (Å²) in [5, 5.41) is 10.8. The molecule has 1 amide bonds. The molecule has 1 fully saturated rings. The first-order chi connectivity index (χ1) is 13.9. The molecule has 0 radical (unpaired) electrons. The first kappa shape index (κ1) is 23.2. The van der Waals surface area contributed by atoms with Gasteiger partial charge in [-0.1, -0.05) is 25.0 Å². The molecular formula is C20H26N2O5S2. The molecule has 0 bridgehead atoms. The Morgan fingerprint density at radius 2 is 1.93 bits per heavy atom. The van der Waals surface area contributed by atoms with Crippen LogP contribution in [-0.4, -0.2) is 38.5 Å². The summed E-state index contributed by atoms with van der Waals surface area (Å²) in [6, 6.07) is 8.35. The number of nitrogens with zero attached hydrogens (tertiary/aromatic N) is 1. The lowest BCUT2D eigenvalue weighted by molar-refractivity contribution is -0.127. The van der Waals surface area contributed by atoms with Gasteiger partial charge in [-0.25, -0.2) is 13.2 Å². The van der Waals surface area contributed by atoms with Crippen molar-refractivity contribution < 1.29 is 22.7 Å². The van der Waals surface area contributed by atoms with Gasteiger partial charge in [0.2, 0.25) is 5.91 Å². The molecule has 9 heteroatoms. The van der Waals surface area contributed by atoms with E-state index in [-0.39, 0.29) is 40.2 Å². The number of thioether (sulfide) groups is 1. The van der Waals surface area contributed by atoms with E-state index in [0.29, 0.717) is 25.2 Å². The van der Waals surface area contributed by atoms with E-state index in [1.54, 1.807) is 31.2 Å². The van der Waals surface area contributed by atoms with E-state index < -0.39 is 9.84 Å². The summed E-state index contributed by atoms with van der Waals surface area (Å²) in [6.07, 6.45) is 3.10. The molecule has 0 aromatic heterocycles. The summed E-state index contributed by atoms with van der Waals surface area (Å²) in [7, 11) is -3.55. The van der Waals surface area contributed by atoms with Gasteiger partial charge in [0.1, 0.15) is 6.54 Å². The van der Waals surface area contributed by atoms with Crippen molar-refractivity contribution in [2.75, 3.05) is 18.9 Å². The van der Waals surface area contributed by atoms with Crippen LogP contribution in [0.3, 0.4) is 0 Å². The average molecular weight is 439 g/mol. The minimum absolute atomic E-state index is 0.0694. The molecule has 2 rings (SSSR count). The highest BCUT2D eigenvalue weighted by atomic mass is 32.2. The Hall–Kier alpha value is -2.05. The van der Waals surface area contributed by atoms with E-state index in [1.807, 2.05) is 6.07 Å². The fourth-order valence-electron chi connectivity index (χ4n) is 3.48. The molecule has 158 valence electrons. The number of carbonyl (C=O) groups is 2. The second-order valence-electron chi connectivity index (χ2n) is 6.92. The number of hydrogen-bond donors (Lipinski definition) is 1. The number of amides is 1. The zero-order chi connectivity index (χ0) is 21.3. The normalized spacial score (nSPS) is 19.2. The Morgan fingerprint density at radius 3 is 2.59 bits per heavy atom. The molecule has 0 saturated heterocycles. The number of carbonyl (C=O) groups excluding carboxylic acids is 2. The van der Waals surface area contributed by atoms with Crippen LogP contribution in [0.1, 0.15) is 38.2 Å². The Morgan fingerprint density at radius 1 is 1.24 bits per heavy atom. The van der Waals surface area contributed by atoms with Gasteiger partial charge in [-0.2, -0.15) is 5.26 Å². The van der Waals surface area contributed by atoms with E-state index in [4.69, 9.17) is 10.00 Å². The molecule has 1 aromatic carbocycles. The van der Waals surface area contributed by atoms with Crippen LogP contribution in [0, 0.1) is 23.2 Å². The maximum absolute atomic E-state index is 12.9. The average Bonchev–Trinajstić information content (AvgIpc) is 2.71. The molecule has 0 spiro atoms. The Balaban J connectivity index is 2.02. The van der Waals surface area contributed by atoms with E-state index in [2.05, 4.69) is 5.32 Å². The number of benzene rings is 1. The van der Waals surface area contributed by atoms with Crippen LogP contribution in [0.15, 0.2) is 29.2 Å². The first-order valence-electron chi connectivity index (χ1n) is 9.63. The van der Waals surface area contributed by atoms with Crippen molar-refractivity contribution in [1.82, 2.24) is 5.32 Å². The number of rotatable bonds is 8. The maximum Gasteiger partial charge on any atom is 0.367 e. The van der Waals surface area contributed by atoms with Gasteiger partial charge >= 0.3 is 5.30 Å². The molecule has 1 aromatic rings. The number of nitriles is 1. The van der Waals surface area contributed by atoms with E-state index >= 15 is 0 Å². The highest BCUT2D eigenvalue weighted by Crippen LogP contribution is 2.33. The number of ether oxygens (including phenoxy) is 1. The standard InChI is InChI=1S/C20H26N2O5S2/c1-2-27-20(24)28-13-15-7-9-17(10-8-15)29(25,26)14-16-5-3-4-6-18(16)19(23)22-12-11-21/h7-10,16,18H,2-6,12-14H2,1H3,(H,22,23)/t16-,18+/m0/s1. The summed E-state index contributed by atoms with van der Waals surface area (Å²) in [5.41, 5.74) is 0.827. The molecule has 29 heavy (non-hydrogen) atoms. The van der Waals surface area contributed by atoms with Gasteiger partial charge < -0.3 is 10.1 Å². The molecule has 0 unspecified atom stereocenters. The molecule has 1 aliphatic carbocycles. The van der Waals surface area contributed by atoms with Crippen molar-refractivity contribution in [1.29, 1.82) is 5.26 Å². The van der Waals surface area contributed by atoms with E-state index in [1.165, 1.54) is 0 Å². The van der Waals surface area contributed by atoms with Crippen LogP contribution < -0.4 is 5.32 Å². The zero-order valence-electron chi connectivity index (χ0n) is 16.4. The van der Waals surface area contributed by atoms with Crippen molar-refractivity contribution in [2.45, 2.75) is 43.3 Å². The zero-order valence-corrected chi connectivity index (χ0v) is 18.1. The maximum atomic E-state index is 12.9. The van der Waals surface area contributed by atoms with Crippen LogP contribution >= 0.6 is 11.8 Å². The largest absolute Gasteiger partial charge is 0.458 e. The topological polar surface area (TPSA) is 113 Å². The highest BCUT2D eigenvalue weighted by Gasteiger charge is 2.34. The second-order valence-corrected chi connectivity index (χ2v) is 9.87. The summed E-state index contributed by atoms with van der Waals surface area (Å²) in [6.45, 7) is 1.99. The molecule has 7 nitrogen and oxygen atoms in total. The summed E-state index contributed by atoms with van der Waals surface area (Å²) < 4.78 is 30.6. The quantitative estimate of drug-likeness (QED) is 0.489. The van der Waals surface area contributed by atoms with Crippen molar-refractivity contribution in [3.8, 4) is 6.07 Å². The van der Waals surface area contributed by atoms with Gasteiger partial charge in [0.25, 0.3) is 0 Å². The van der Waals surface area contributed by atoms with Gasteiger partial charge in [0.05, 0.1) is 23.3 Å². The van der Waals surface area contributed by atoms with Gasteiger partial charge in [0.15, 0.2) is 9.84 Å². The van der Waals surface area contributed by atoms with Gasteiger partial charge in [-0.3, -0.25) is 4.79 Å². The highest BCUT2D eigenvalue weighted by molar-refractivity contribution is 8.12. The molecular weight excluding hydrogens is 412 g/mol. The second kappa shape index (κ2) is 11.2. The van der Waals surface area contributed by atoms with Gasteiger partial charge in [-0.15, -0.1) is 0 Å². The molecule has 0 heterocycles. The first-order valence-corrected chi connectivity index (χ1v) is 12.3. The summed E-state index contributed by atoms with van der Waals surface area (Å²) in [5.74, 6) is -0.561. The lowest BCUT2D eigenvalue weighted by Crippen LogP contribution is -2.39. The van der Waals surface area contributed by atoms with Crippen LogP contribution in [0.25, 0.3) is 0 Å².